The minimum Gasteiger partial charge on any atom is -0.345 e. The Morgan fingerprint density at radius 3 is 2.61 bits per heavy atom. The molecule has 2 aliphatic heterocycles. The lowest BCUT2D eigenvalue weighted by molar-refractivity contribution is -0.120. The van der Waals surface area contributed by atoms with Gasteiger partial charge in [-0.25, -0.2) is 9.69 Å². The number of benzene rings is 1. The van der Waals surface area contributed by atoms with E-state index in [1.165, 1.54) is 9.80 Å². The Bertz CT molecular complexity index is 660. The van der Waals surface area contributed by atoms with Crippen molar-refractivity contribution < 1.29 is 14.4 Å². The van der Waals surface area contributed by atoms with Gasteiger partial charge in [0.25, 0.3) is 11.8 Å². The number of aryl methyl sites for hydroxylation is 1. The van der Waals surface area contributed by atoms with E-state index in [-0.39, 0.29) is 23.9 Å². The fourth-order valence-electron chi connectivity index (χ4n) is 3.25. The lowest BCUT2D eigenvalue weighted by Crippen LogP contribution is -2.39. The summed E-state index contributed by atoms with van der Waals surface area (Å²) in [6.45, 7) is 2.47. The van der Waals surface area contributed by atoms with Crippen LogP contribution < -0.4 is 4.90 Å². The van der Waals surface area contributed by atoms with Crippen LogP contribution in [0.3, 0.4) is 0 Å². The molecule has 4 amide bonds. The molecule has 122 valence electrons. The molecular weight excluding hydrogens is 294 g/mol. The molecule has 1 aromatic carbocycles. The van der Waals surface area contributed by atoms with Gasteiger partial charge in [0, 0.05) is 26.2 Å². The third-order valence-electron chi connectivity index (χ3n) is 4.55. The van der Waals surface area contributed by atoms with Gasteiger partial charge in [0.1, 0.15) is 6.04 Å². The molecule has 23 heavy (non-hydrogen) atoms. The zero-order valence-electron chi connectivity index (χ0n) is 13.7. The molecule has 0 bridgehead atoms. The highest BCUT2D eigenvalue weighted by Crippen LogP contribution is 2.32. The zero-order valence-corrected chi connectivity index (χ0v) is 13.7. The first-order chi connectivity index (χ1) is 10.9. The van der Waals surface area contributed by atoms with E-state index in [9.17, 15) is 14.4 Å². The fourth-order valence-corrected chi connectivity index (χ4v) is 3.25. The molecule has 0 unspecified atom stereocenters. The van der Waals surface area contributed by atoms with Crippen LogP contribution in [0, 0.1) is 6.92 Å². The Kier molecular flexibility index (Phi) is 3.83. The lowest BCUT2D eigenvalue weighted by Gasteiger charge is -2.26. The summed E-state index contributed by atoms with van der Waals surface area (Å²) in [6.07, 6.45) is 2.62. The molecule has 0 spiro atoms. The molecule has 0 N–H and O–H groups in total. The zero-order chi connectivity index (χ0) is 16.7. The number of amides is 4. The number of anilines is 1. The molecule has 0 aromatic heterocycles. The van der Waals surface area contributed by atoms with Crippen molar-refractivity contribution in [2.75, 3.05) is 25.5 Å². The molecule has 6 nitrogen and oxygen atoms in total. The SMILES string of the molecule is Cc1ccc(C(=O)N(C)C)cc1N1C(=O)[C@@H]2CCCCN2C1=O. The topological polar surface area (TPSA) is 60.9 Å². The molecule has 1 atom stereocenters. The average molecular weight is 315 g/mol. The summed E-state index contributed by atoms with van der Waals surface area (Å²) in [7, 11) is 3.35. The molecule has 2 heterocycles. The van der Waals surface area contributed by atoms with Crippen LogP contribution in [0.15, 0.2) is 18.2 Å². The van der Waals surface area contributed by atoms with E-state index >= 15 is 0 Å². The molecule has 3 rings (SSSR count). The molecule has 2 aliphatic rings. The third kappa shape index (κ3) is 2.48. The van der Waals surface area contributed by atoms with Crippen molar-refractivity contribution in [3.05, 3.63) is 29.3 Å². The van der Waals surface area contributed by atoms with Gasteiger partial charge in [-0.05, 0) is 43.9 Å². The Morgan fingerprint density at radius 1 is 1.22 bits per heavy atom. The Labute approximate surface area is 135 Å². The van der Waals surface area contributed by atoms with Crippen LogP contribution in [0.2, 0.25) is 0 Å². The highest BCUT2D eigenvalue weighted by Gasteiger charge is 2.47. The van der Waals surface area contributed by atoms with Crippen molar-refractivity contribution >= 4 is 23.5 Å². The van der Waals surface area contributed by atoms with Crippen LogP contribution in [0.1, 0.15) is 35.2 Å². The molecular formula is C17H21N3O3. The molecule has 0 aliphatic carbocycles. The maximum atomic E-state index is 12.7. The highest BCUT2D eigenvalue weighted by molar-refractivity contribution is 6.22. The van der Waals surface area contributed by atoms with E-state index in [1.807, 2.05) is 6.92 Å². The number of hydrogen-bond donors (Lipinski definition) is 0. The van der Waals surface area contributed by atoms with Gasteiger partial charge in [-0.15, -0.1) is 0 Å². The van der Waals surface area contributed by atoms with Gasteiger partial charge in [0.15, 0.2) is 0 Å². The number of carbonyl (C=O) groups is 3. The minimum atomic E-state index is -0.344. The predicted octanol–water partition coefficient (Wildman–Crippen LogP) is 2.02. The van der Waals surface area contributed by atoms with Crippen LogP contribution >= 0.6 is 0 Å². The fraction of sp³-hybridized carbons (Fsp3) is 0.471. The summed E-state index contributed by atoms with van der Waals surface area (Å²) in [6, 6.07) is 4.54. The molecule has 2 saturated heterocycles. The summed E-state index contributed by atoms with van der Waals surface area (Å²) in [5, 5.41) is 0. The number of urea groups is 1. The molecule has 2 fully saturated rings. The van der Waals surface area contributed by atoms with Crippen molar-refractivity contribution in [1.29, 1.82) is 0 Å². The van der Waals surface area contributed by atoms with Gasteiger partial charge in [-0.2, -0.15) is 0 Å². The number of hydrogen-bond acceptors (Lipinski definition) is 3. The van der Waals surface area contributed by atoms with Crippen LogP contribution in [-0.2, 0) is 4.79 Å². The van der Waals surface area contributed by atoms with Gasteiger partial charge >= 0.3 is 6.03 Å². The lowest BCUT2D eigenvalue weighted by atomic mass is 10.0. The van der Waals surface area contributed by atoms with Gasteiger partial charge < -0.3 is 9.80 Å². The second-order valence-corrected chi connectivity index (χ2v) is 6.36. The number of fused-ring (bicyclic) bond motifs is 1. The summed E-state index contributed by atoms with van der Waals surface area (Å²) in [5.41, 5.74) is 1.80. The van der Waals surface area contributed by atoms with Crippen molar-refractivity contribution in [1.82, 2.24) is 9.80 Å². The van der Waals surface area contributed by atoms with Crippen molar-refractivity contribution in [3.8, 4) is 0 Å². The van der Waals surface area contributed by atoms with E-state index < -0.39 is 0 Å². The van der Waals surface area contributed by atoms with Gasteiger partial charge in [0.05, 0.1) is 5.69 Å². The second kappa shape index (κ2) is 5.68. The number of carbonyl (C=O) groups excluding carboxylic acids is 3. The summed E-state index contributed by atoms with van der Waals surface area (Å²) >= 11 is 0. The average Bonchev–Trinajstić information content (AvgIpc) is 2.79. The van der Waals surface area contributed by atoms with Crippen LogP contribution in [-0.4, -0.2) is 54.3 Å². The van der Waals surface area contributed by atoms with Crippen molar-refractivity contribution in [3.63, 3.8) is 0 Å². The largest absolute Gasteiger partial charge is 0.345 e. The van der Waals surface area contributed by atoms with Gasteiger partial charge in [-0.3, -0.25) is 9.59 Å². The molecule has 0 saturated carbocycles. The van der Waals surface area contributed by atoms with E-state index in [2.05, 4.69) is 0 Å². The van der Waals surface area contributed by atoms with Crippen LogP contribution in [0.4, 0.5) is 10.5 Å². The molecule has 6 heteroatoms. The van der Waals surface area contributed by atoms with E-state index in [1.54, 1.807) is 37.2 Å². The first-order valence-electron chi connectivity index (χ1n) is 7.88. The maximum absolute atomic E-state index is 12.7. The van der Waals surface area contributed by atoms with Crippen molar-refractivity contribution in [2.45, 2.75) is 32.2 Å². The number of rotatable bonds is 2. The van der Waals surface area contributed by atoms with E-state index in [0.29, 0.717) is 17.8 Å². The first kappa shape index (κ1) is 15.5. The Balaban J connectivity index is 2.01. The Morgan fingerprint density at radius 2 is 1.96 bits per heavy atom. The highest BCUT2D eigenvalue weighted by atomic mass is 16.2. The summed E-state index contributed by atoms with van der Waals surface area (Å²) in [5.74, 6) is -0.324. The summed E-state index contributed by atoms with van der Waals surface area (Å²) < 4.78 is 0. The minimum absolute atomic E-state index is 0.150. The van der Waals surface area contributed by atoms with E-state index in [0.717, 1.165) is 24.8 Å². The smallest absolute Gasteiger partial charge is 0.332 e. The van der Waals surface area contributed by atoms with Crippen molar-refractivity contribution in [2.24, 2.45) is 0 Å². The van der Waals surface area contributed by atoms with Gasteiger partial charge in [-0.1, -0.05) is 6.07 Å². The Hall–Kier alpha value is -2.37. The molecule has 1 aromatic rings. The number of nitrogens with zero attached hydrogens (tertiary/aromatic N) is 3. The van der Waals surface area contributed by atoms with E-state index in [4.69, 9.17) is 0 Å². The monoisotopic (exact) mass is 315 g/mol. The second-order valence-electron chi connectivity index (χ2n) is 6.36. The first-order valence-corrected chi connectivity index (χ1v) is 7.88. The third-order valence-corrected chi connectivity index (χ3v) is 4.55. The normalized spacial score (nSPS) is 20.7. The maximum Gasteiger partial charge on any atom is 0.332 e. The molecule has 0 radical (unpaired) electrons. The van der Waals surface area contributed by atoms with Crippen LogP contribution in [0.25, 0.3) is 0 Å². The predicted molar refractivity (Wildman–Crippen MR) is 86.4 cm³/mol. The standard InChI is InChI=1S/C17H21N3O3/c1-11-7-8-12(15(21)18(2)3)10-14(11)20-16(22)13-6-4-5-9-19(13)17(20)23/h7-8,10,13H,4-6,9H2,1-3H3/t13-/m0/s1. The number of imide groups is 1. The number of piperidine rings is 1. The van der Waals surface area contributed by atoms with Gasteiger partial charge in [0.2, 0.25) is 0 Å². The van der Waals surface area contributed by atoms with Crippen LogP contribution in [0.5, 0.6) is 0 Å². The quantitative estimate of drug-likeness (QED) is 0.785. The summed E-state index contributed by atoms with van der Waals surface area (Å²) in [4.78, 5) is 41.9.